The summed E-state index contributed by atoms with van der Waals surface area (Å²) in [7, 11) is 0. The second-order valence-electron chi connectivity index (χ2n) is 11.4. The molecule has 172 valence electrons. The molecule has 1 saturated carbocycles. The number of carbonyl (C=O) groups is 2. The van der Waals surface area contributed by atoms with Crippen LogP contribution >= 0.6 is 0 Å². The maximum absolute atomic E-state index is 13.5. The Balaban J connectivity index is 1.26. The Morgan fingerprint density at radius 1 is 0.444 bits per heavy atom. The molecule has 0 aliphatic heterocycles. The highest BCUT2D eigenvalue weighted by Gasteiger charge is 2.56. The van der Waals surface area contributed by atoms with Gasteiger partial charge in [0.15, 0.2) is 11.6 Å². The van der Waals surface area contributed by atoms with Gasteiger partial charge >= 0.3 is 0 Å². The molecule has 5 aliphatic carbocycles. The van der Waals surface area contributed by atoms with Gasteiger partial charge in [-0.05, 0) is 69.9 Å². The highest BCUT2D eigenvalue weighted by atomic mass is 16.1. The molecule has 0 radical (unpaired) electrons. The Morgan fingerprint density at radius 2 is 0.861 bits per heavy atom. The molecule has 2 nitrogen and oxygen atoms in total. The largest absolute Gasteiger partial charge is 0.289 e. The molecule has 2 heteroatoms. The van der Waals surface area contributed by atoms with E-state index in [4.69, 9.17) is 0 Å². The first-order valence-corrected chi connectivity index (χ1v) is 13.2. The molecular weight excluding hydrogens is 440 g/mol. The summed E-state index contributed by atoms with van der Waals surface area (Å²) in [5.41, 5.74) is 11.5. The summed E-state index contributed by atoms with van der Waals surface area (Å²) in [6.07, 6.45) is 2.22. The van der Waals surface area contributed by atoms with Crippen LogP contribution in [0.2, 0.25) is 0 Å². The number of carbonyl (C=O) groups excluding carboxylic acids is 2. The number of rotatable bonds is 0. The van der Waals surface area contributed by atoms with Crippen LogP contribution in [0.3, 0.4) is 0 Å². The number of benzene rings is 4. The van der Waals surface area contributed by atoms with Gasteiger partial charge in [-0.15, -0.1) is 0 Å². The summed E-state index contributed by atoms with van der Waals surface area (Å²) in [5, 5.41) is 0. The molecule has 1 fully saturated rings. The fraction of sp³-hybridized carbons (Fsp3) is 0.235. The molecule has 5 aliphatic rings. The first-order valence-electron chi connectivity index (χ1n) is 13.2. The molecule has 0 spiro atoms. The quantitative estimate of drug-likeness (QED) is 0.282. The van der Waals surface area contributed by atoms with Crippen LogP contribution in [0.4, 0.5) is 0 Å². The van der Waals surface area contributed by atoms with E-state index in [9.17, 15) is 9.59 Å². The minimum absolute atomic E-state index is 0.187. The van der Waals surface area contributed by atoms with Crippen molar-refractivity contribution in [3.8, 4) is 0 Å². The number of hydrogen-bond donors (Lipinski definition) is 0. The highest BCUT2D eigenvalue weighted by molar-refractivity contribution is 6.14. The molecule has 36 heavy (non-hydrogen) atoms. The van der Waals surface area contributed by atoms with Gasteiger partial charge in [-0.3, -0.25) is 9.59 Å². The van der Waals surface area contributed by atoms with Gasteiger partial charge in [0.05, 0.1) is 0 Å². The molecule has 0 saturated heterocycles. The zero-order chi connectivity index (χ0) is 23.7. The number of ketones is 2. The first-order chi connectivity index (χ1) is 17.7. The van der Waals surface area contributed by atoms with Crippen LogP contribution in [-0.4, -0.2) is 11.6 Å². The standard InChI is InChI=1S/C34H24O2/c35-33-21-9-3-1-7-17(21)31-27-16-28-26(15-25(27)19-11-5-13-23(33)29(19)31)20-12-6-14-24-30(20)32(28)18-8-2-4-10-22(18)34(24)36/h1-14,25-28,31-32H,15-16H2. The Kier molecular flexibility index (Phi) is 3.51. The summed E-state index contributed by atoms with van der Waals surface area (Å²) in [6, 6.07) is 29.5. The van der Waals surface area contributed by atoms with Gasteiger partial charge in [-0.2, -0.15) is 0 Å². The van der Waals surface area contributed by atoms with Gasteiger partial charge in [0, 0.05) is 34.1 Å². The summed E-state index contributed by atoms with van der Waals surface area (Å²) in [4.78, 5) is 27.0. The van der Waals surface area contributed by atoms with Crippen LogP contribution < -0.4 is 0 Å². The second-order valence-corrected chi connectivity index (χ2v) is 11.4. The van der Waals surface area contributed by atoms with Crippen molar-refractivity contribution in [3.63, 3.8) is 0 Å². The monoisotopic (exact) mass is 464 g/mol. The summed E-state index contributed by atoms with van der Waals surface area (Å²) in [5.74, 6) is 2.83. The third-order valence-corrected chi connectivity index (χ3v) is 10.2. The molecule has 4 aromatic rings. The van der Waals surface area contributed by atoms with Gasteiger partial charge in [0.2, 0.25) is 0 Å². The average molecular weight is 465 g/mol. The van der Waals surface area contributed by atoms with Crippen LogP contribution in [0.15, 0.2) is 84.9 Å². The van der Waals surface area contributed by atoms with E-state index in [1.165, 1.54) is 33.4 Å². The fourth-order valence-corrected chi connectivity index (χ4v) is 9.06. The van der Waals surface area contributed by atoms with Crippen molar-refractivity contribution in [1.82, 2.24) is 0 Å². The molecule has 9 rings (SSSR count). The molecule has 0 amide bonds. The van der Waals surface area contributed by atoms with E-state index >= 15 is 0 Å². The lowest BCUT2D eigenvalue weighted by Gasteiger charge is -2.41. The van der Waals surface area contributed by atoms with E-state index in [2.05, 4.69) is 48.5 Å². The van der Waals surface area contributed by atoms with E-state index in [1.807, 2.05) is 36.4 Å². The molecule has 0 N–H and O–H groups in total. The topological polar surface area (TPSA) is 34.1 Å². The Morgan fingerprint density at radius 3 is 1.36 bits per heavy atom. The number of hydrogen-bond acceptors (Lipinski definition) is 2. The average Bonchev–Trinajstić information content (AvgIpc) is 3.43. The third-order valence-electron chi connectivity index (χ3n) is 10.2. The molecule has 0 aromatic heterocycles. The van der Waals surface area contributed by atoms with Gasteiger partial charge in [0.1, 0.15) is 0 Å². The van der Waals surface area contributed by atoms with E-state index in [-0.39, 0.29) is 11.6 Å². The molecule has 0 bridgehead atoms. The SMILES string of the molecule is O=C1c2ccccc2C2c3c1cccc3C1CC3c4cccc5c4C(c4ccccc4C5=O)C3CC12. The van der Waals surface area contributed by atoms with Crippen molar-refractivity contribution in [2.75, 3.05) is 0 Å². The second kappa shape index (κ2) is 6.50. The van der Waals surface area contributed by atoms with E-state index in [1.54, 1.807) is 0 Å². The zero-order valence-electron chi connectivity index (χ0n) is 19.8. The lowest BCUT2D eigenvalue weighted by molar-refractivity contribution is 0.102. The van der Waals surface area contributed by atoms with E-state index in [0.717, 1.165) is 35.1 Å². The van der Waals surface area contributed by atoms with Crippen molar-refractivity contribution < 1.29 is 9.59 Å². The maximum atomic E-state index is 13.5. The molecule has 0 heterocycles. The van der Waals surface area contributed by atoms with Crippen LogP contribution in [0.5, 0.6) is 0 Å². The maximum Gasteiger partial charge on any atom is 0.193 e. The van der Waals surface area contributed by atoms with Crippen molar-refractivity contribution in [3.05, 3.63) is 141 Å². The van der Waals surface area contributed by atoms with E-state index < -0.39 is 0 Å². The Hall–Kier alpha value is -3.78. The van der Waals surface area contributed by atoms with Gasteiger partial charge < -0.3 is 0 Å². The van der Waals surface area contributed by atoms with E-state index in [0.29, 0.717) is 35.5 Å². The van der Waals surface area contributed by atoms with Crippen molar-refractivity contribution in [2.45, 2.75) is 36.5 Å². The first kappa shape index (κ1) is 19.4. The van der Waals surface area contributed by atoms with Crippen LogP contribution in [0, 0.1) is 11.8 Å². The lowest BCUT2D eigenvalue weighted by Crippen LogP contribution is -2.31. The molecular formula is C34H24O2. The smallest absolute Gasteiger partial charge is 0.193 e. The predicted octanol–water partition coefficient (Wildman–Crippen LogP) is 6.96. The lowest BCUT2D eigenvalue weighted by atomic mass is 9.62. The van der Waals surface area contributed by atoms with Gasteiger partial charge in [-0.25, -0.2) is 0 Å². The summed E-state index contributed by atoms with van der Waals surface area (Å²) in [6.45, 7) is 0. The highest BCUT2D eigenvalue weighted by Crippen LogP contribution is 2.67. The normalized spacial score (nSPS) is 29.6. The minimum Gasteiger partial charge on any atom is -0.289 e. The van der Waals surface area contributed by atoms with Crippen molar-refractivity contribution >= 4 is 11.6 Å². The fourth-order valence-electron chi connectivity index (χ4n) is 9.06. The summed E-state index contributed by atoms with van der Waals surface area (Å²) < 4.78 is 0. The molecule has 4 aromatic carbocycles. The van der Waals surface area contributed by atoms with Crippen LogP contribution in [-0.2, 0) is 0 Å². The molecule has 6 atom stereocenters. The van der Waals surface area contributed by atoms with Crippen LogP contribution in [0.25, 0.3) is 0 Å². The Labute approximate surface area is 210 Å². The minimum atomic E-state index is 0.187. The zero-order valence-corrected chi connectivity index (χ0v) is 19.8. The van der Waals surface area contributed by atoms with Gasteiger partial charge in [-0.1, -0.05) is 84.9 Å². The third kappa shape index (κ3) is 2.12. The molecule has 6 unspecified atom stereocenters. The van der Waals surface area contributed by atoms with Gasteiger partial charge in [0.25, 0.3) is 0 Å². The van der Waals surface area contributed by atoms with Crippen molar-refractivity contribution in [1.29, 1.82) is 0 Å². The van der Waals surface area contributed by atoms with Crippen molar-refractivity contribution in [2.24, 2.45) is 11.8 Å². The number of fused-ring (bicyclic) bond motifs is 10. The Bertz CT molecular complexity index is 1550. The predicted molar refractivity (Wildman–Crippen MR) is 138 cm³/mol. The summed E-state index contributed by atoms with van der Waals surface area (Å²) >= 11 is 0. The van der Waals surface area contributed by atoms with Crippen LogP contribution in [0.1, 0.15) is 102 Å².